The smallest absolute Gasteiger partial charge is 0.315 e. The molecule has 9 heteroatoms. The summed E-state index contributed by atoms with van der Waals surface area (Å²) in [7, 11) is 0. The zero-order valence-corrected chi connectivity index (χ0v) is 17.8. The number of carbonyl (C=O) groups is 2. The molecule has 0 radical (unpaired) electrons. The van der Waals surface area contributed by atoms with Crippen LogP contribution in [0.3, 0.4) is 0 Å². The maximum atomic E-state index is 13.4. The van der Waals surface area contributed by atoms with Crippen LogP contribution in [0, 0.1) is 16.0 Å². The average Bonchev–Trinajstić information content (AvgIpc) is 3.43. The van der Waals surface area contributed by atoms with Crippen LogP contribution in [0.25, 0.3) is 0 Å². The third kappa shape index (κ3) is 3.45. The van der Waals surface area contributed by atoms with Gasteiger partial charge in [0.15, 0.2) is 17.3 Å². The Morgan fingerprint density at radius 2 is 1.88 bits per heavy atom. The molecule has 9 nitrogen and oxygen atoms in total. The Morgan fingerprint density at radius 1 is 1.16 bits per heavy atom. The number of esters is 1. The highest BCUT2D eigenvalue weighted by molar-refractivity contribution is 6.09. The van der Waals surface area contributed by atoms with Crippen LogP contribution in [-0.4, -0.2) is 35.3 Å². The van der Waals surface area contributed by atoms with Gasteiger partial charge in [-0.25, -0.2) is 0 Å². The van der Waals surface area contributed by atoms with Crippen LogP contribution in [-0.2, 0) is 14.3 Å². The number of carbonyl (C=O) groups excluding carboxylic acids is 2. The lowest BCUT2D eigenvalue weighted by Gasteiger charge is -2.34. The van der Waals surface area contributed by atoms with Crippen molar-refractivity contribution in [2.24, 2.45) is 10.9 Å². The molecule has 2 atom stereocenters. The lowest BCUT2D eigenvalue weighted by atomic mass is 9.71. The zero-order chi connectivity index (χ0) is 22.4. The van der Waals surface area contributed by atoms with Crippen LogP contribution in [0.1, 0.15) is 63.4 Å². The molecule has 0 aromatic heterocycles. The summed E-state index contributed by atoms with van der Waals surface area (Å²) in [6, 6.07) is 2.84. The topological polar surface area (TPSA) is 117 Å². The number of allylic oxidation sites excluding steroid dienone is 2. The van der Waals surface area contributed by atoms with Gasteiger partial charge in [-0.1, -0.05) is 0 Å². The molecule has 32 heavy (non-hydrogen) atoms. The van der Waals surface area contributed by atoms with E-state index in [0.717, 1.165) is 25.7 Å². The number of nitrogens with zero attached hydrogens (tertiary/aromatic N) is 2. The first-order valence-electron chi connectivity index (χ1n) is 11.0. The van der Waals surface area contributed by atoms with Crippen molar-refractivity contribution in [2.75, 3.05) is 6.79 Å². The zero-order valence-electron chi connectivity index (χ0n) is 17.8. The standard InChI is InChI=1S/C23H24N2O7/c1-12-20(23(27)32-13-5-2-3-6-13)21(22-15(24-12)7-4-8-17(22)26)14-9-18-19(31-11-30-18)10-16(14)25(28)29/h9-10,13,20-21H,2-8,11H2,1H3/t20?,21-/m0/s1. The highest BCUT2D eigenvalue weighted by atomic mass is 16.7. The van der Waals surface area contributed by atoms with E-state index in [-0.39, 0.29) is 35.7 Å². The molecule has 2 aliphatic heterocycles. The number of benzene rings is 1. The highest BCUT2D eigenvalue weighted by Crippen LogP contribution is 2.49. The van der Waals surface area contributed by atoms with E-state index in [1.54, 1.807) is 6.92 Å². The van der Waals surface area contributed by atoms with Crippen LogP contribution < -0.4 is 9.47 Å². The SMILES string of the molecule is CC1=NC2=C(C(=O)CCC2)[C@@H](c2cc3c(cc2[N+](=O)[O-])OCO3)C1C(=O)OC1CCCC1. The normalized spacial score (nSPS) is 24.9. The fourth-order valence-corrected chi connectivity index (χ4v) is 5.25. The number of nitro groups is 1. The van der Waals surface area contributed by atoms with E-state index in [1.807, 2.05) is 0 Å². The number of rotatable bonds is 4. The van der Waals surface area contributed by atoms with E-state index < -0.39 is 22.7 Å². The molecule has 0 saturated heterocycles. The van der Waals surface area contributed by atoms with Crippen molar-refractivity contribution in [1.29, 1.82) is 0 Å². The van der Waals surface area contributed by atoms with E-state index in [9.17, 15) is 19.7 Å². The van der Waals surface area contributed by atoms with Gasteiger partial charge in [0.1, 0.15) is 12.0 Å². The minimum Gasteiger partial charge on any atom is -0.462 e. The van der Waals surface area contributed by atoms with Gasteiger partial charge in [-0.15, -0.1) is 0 Å². The molecule has 0 N–H and O–H groups in total. The monoisotopic (exact) mass is 440 g/mol. The van der Waals surface area contributed by atoms with Crippen LogP contribution in [0.2, 0.25) is 0 Å². The first kappa shape index (κ1) is 20.7. The van der Waals surface area contributed by atoms with Crippen molar-refractivity contribution in [3.05, 3.63) is 39.1 Å². The van der Waals surface area contributed by atoms with E-state index in [2.05, 4.69) is 4.99 Å². The Bertz CT molecular complexity index is 1070. The number of nitro benzene ring substituents is 1. The number of ether oxygens (including phenoxy) is 3. The molecular formula is C23H24N2O7. The molecule has 1 unspecified atom stereocenters. The number of Topliss-reactive ketones (excluding diaryl/α,β-unsaturated/α-hetero) is 1. The van der Waals surface area contributed by atoms with Crippen LogP contribution >= 0.6 is 0 Å². The molecule has 1 fully saturated rings. The van der Waals surface area contributed by atoms with Crippen LogP contribution in [0.4, 0.5) is 5.69 Å². The van der Waals surface area contributed by atoms with Crippen molar-refractivity contribution < 1.29 is 28.7 Å². The third-order valence-corrected chi connectivity index (χ3v) is 6.73. The highest BCUT2D eigenvalue weighted by Gasteiger charge is 2.46. The summed E-state index contributed by atoms with van der Waals surface area (Å²) >= 11 is 0. The van der Waals surface area contributed by atoms with E-state index in [1.165, 1.54) is 12.1 Å². The van der Waals surface area contributed by atoms with Crippen LogP contribution in [0.5, 0.6) is 11.5 Å². The van der Waals surface area contributed by atoms with Gasteiger partial charge in [-0.05, 0) is 51.5 Å². The first-order chi connectivity index (χ1) is 15.4. The van der Waals surface area contributed by atoms with Gasteiger partial charge in [0, 0.05) is 34.9 Å². The first-order valence-corrected chi connectivity index (χ1v) is 11.0. The summed E-state index contributed by atoms with van der Waals surface area (Å²) < 4.78 is 16.6. The van der Waals surface area contributed by atoms with E-state index in [4.69, 9.17) is 14.2 Å². The van der Waals surface area contributed by atoms with Gasteiger partial charge < -0.3 is 14.2 Å². The minimum absolute atomic E-state index is 0.0406. The van der Waals surface area contributed by atoms with E-state index >= 15 is 0 Å². The fourth-order valence-electron chi connectivity index (χ4n) is 5.25. The summed E-state index contributed by atoms with van der Waals surface area (Å²) in [5.41, 5.74) is 1.55. The average molecular weight is 440 g/mol. The van der Waals surface area contributed by atoms with Crippen molar-refractivity contribution >= 4 is 23.2 Å². The molecule has 0 bridgehead atoms. The lowest BCUT2D eigenvalue weighted by Crippen LogP contribution is -2.38. The molecular weight excluding hydrogens is 416 g/mol. The molecule has 0 spiro atoms. The summed E-state index contributed by atoms with van der Waals surface area (Å²) in [5, 5.41) is 12.0. The quantitative estimate of drug-likeness (QED) is 0.395. The van der Waals surface area contributed by atoms with Crippen LogP contribution in [0.15, 0.2) is 28.4 Å². The van der Waals surface area contributed by atoms with Crippen molar-refractivity contribution in [1.82, 2.24) is 0 Å². The number of hydrogen-bond donors (Lipinski definition) is 0. The van der Waals surface area contributed by atoms with Gasteiger partial charge in [0.25, 0.3) is 5.69 Å². The second-order valence-electron chi connectivity index (χ2n) is 8.71. The van der Waals surface area contributed by atoms with Crippen molar-refractivity contribution in [3.63, 3.8) is 0 Å². The van der Waals surface area contributed by atoms with Gasteiger partial charge in [-0.2, -0.15) is 0 Å². The Balaban J connectivity index is 1.65. The molecule has 5 rings (SSSR count). The number of ketones is 1. The summed E-state index contributed by atoms with van der Waals surface area (Å²) in [4.78, 5) is 42.5. The van der Waals surface area contributed by atoms with Gasteiger partial charge in [-0.3, -0.25) is 24.7 Å². The summed E-state index contributed by atoms with van der Waals surface area (Å²) in [6.45, 7) is 1.69. The molecule has 168 valence electrons. The molecule has 1 aromatic rings. The predicted octanol–water partition coefficient (Wildman–Crippen LogP) is 3.99. The number of aliphatic imine (C=N–C) groups is 1. The molecule has 1 aromatic carbocycles. The molecule has 1 saturated carbocycles. The minimum atomic E-state index is -0.907. The van der Waals surface area contributed by atoms with Crippen molar-refractivity contribution in [3.8, 4) is 11.5 Å². The predicted molar refractivity (Wildman–Crippen MR) is 113 cm³/mol. The molecule has 0 amide bonds. The summed E-state index contributed by atoms with van der Waals surface area (Å²) in [5.74, 6) is -1.73. The Labute approximate surface area is 184 Å². The fraction of sp³-hybridized carbons (Fsp3) is 0.522. The Hall–Kier alpha value is -3.23. The molecule has 2 aliphatic carbocycles. The third-order valence-electron chi connectivity index (χ3n) is 6.73. The number of hydrogen-bond acceptors (Lipinski definition) is 8. The van der Waals surface area contributed by atoms with Gasteiger partial charge in [0.2, 0.25) is 6.79 Å². The molecule has 4 aliphatic rings. The maximum Gasteiger partial charge on any atom is 0.315 e. The van der Waals surface area contributed by atoms with Gasteiger partial charge >= 0.3 is 5.97 Å². The van der Waals surface area contributed by atoms with E-state index in [0.29, 0.717) is 42.0 Å². The molecule has 2 heterocycles. The van der Waals surface area contributed by atoms with Gasteiger partial charge in [0.05, 0.1) is 11.0 Å². The lowest BCUT2D eigenvalue weighted by molar-refractivity contribution is -0.385. The number of fused-ring (bicyclic) bond motifs is 1. The summed E-state index contributed by atoms with van der Waals surface area (Å²) in [6.07, 6.45) is 5.03. The largest absolute Gasteiger partial charge is 0.462 e. The second-order valence-corrected chi connectivity index (χ2v) is 8.71. The Kier molecular flexibility index (Phi) is 5.19. The maximum absolute atomic E-state index is 13.4. The second kappa shape index (κ2) is 8.03. The Morgan fingerprint density at radius 3 is 2.59 bits per heavy atom. The van der Waals surface area contributed by atoms with Crippen molar-refractivity contribution in [2.45, 2.75) is 63.9 Å².